The number of aromatic nitrogens is 1. The van der Waals surface area contributed by atoms with E-state index in [0.29, 0.717) is 24.5 Å². The van der Waals surface area contributed by atoms with Crippen LogP contribution in [0.1, 0.15) is 74.7 Å². The van der Waals surface area contributed by atoms with Crippen LogP contribution < -0.4 is 15.0 Å². The summed E-state index contributed by atoms with van der Waals surface area (Å²) in [4.78, 5) is 39.7. The Morgan fingerprint density at radius 2 is 1.82 bits per heavy atom. The van der Waals surface area contributed by atoms with Gasteiger partial charge in [0, 0.05) is 58.8 Å². The molecule has 3 heterocycles. The number of hydrogen-bond donors (Lipinski definition) is 1. The van der Waals surface area contributed by atoms with Gasteiger partial charge in [0.05, 0.1) is 5.69 Å². The third kappa shape index (κ3) is 7.10. The van der Waals surface area contributed by atoms with Crippen molar-refractivity contribution in [1.29, 1.82) is 0 Å². The summed E-state index contributed by atoms with van der Waals surface area (Å²) < 4.78 is 7.03. The van der Waals surface area contributed by atoms with Gasteiger partial charge in [0.2, 0.25) is 11.8 Å². The molecule has 0 unspecified atom stereocenters. The molecule has 0 atom stereocenters. The number of piperidine rings is 1. The third-order valence-electron chi connectivity index (χ3n) is 8.11. The molecule has 3 aliphatic rings. The lowest BCUT2D eigenvalue weighted by atomic mass is 9.84. The Morgan fingerprint density at radius 1 is 1.10 bits per heavy atom. The Hall–Kier alpha value is -2.78. The number of nitrogens with one attached hydrogen (secondary N) is 1. The molecule has 1 aliphatic carbocycles. The van der Waals surface area contributed by atoms with Crippen molar-refractivity contribution in [2.75, 3.05) is 31.1 Å². The van der Waals surface area contributed by atoms with Gasteiger partial charge < -0.3 is 15.0 Å². The second-order valence-corrected chi connectivity index (χ2v) is 12.4. The summed E-state index contributed by atoms with van der Waals surface area (Å²) in [6.07, 6.45) is 9.59. The fourth-order valence-corrected chi connectivity index (χ4v) is 6.29. The van der Waals surface area contributed by atoms with E-state index in [1.54, 1.807) is 12.1 Å². The van der Waals surface area contributed by atoms with E-state index in [4.69, 9.17) is 4.74 Å². The number of likely N-dealkylation sites (tertiary alicyclic amines) is 1. The number of pyridine rings is 1. The van der Waals surface area contributed by atoms with Gasteiger partial charge >= 0.3 is 0 Å². The Kier molecular flexibility index (Phi) is 9.52. The maximum atomic E-state index is 13.2. The minimum Gasteiger partial charge on any atom is -0.476 e. The van der Waals surface area contributed by atoms with Crippen molar-refractivity contribution < 1.29 is 14.3 Å². The van der Waals surface area contributed by atoms with Crippen LogP contribution in [0.3, 0.4) is 0 Å². The zero-order chi connectivity index (χ0) is 28.1. The number of carbonyl (C=O) groups excluding carboxylic acids is 2. The maximum Gasteiger partial charge on any atom is 0.278 e. The number of fused-ring (bicyclic) bond motifs is 1. The lowest BCUT2D eigenvalue weighted by Gasteiger charge is -2.36. The zero-order valence-corrected chi connectivity index (χ0v) is 25.2. The van der Waals surface area contributed by atoms with Gasteiger partial charge in [0.1, 0.15) is 12.4 Å². The van der Waals surface area contributed by atoms with Crippen LogP contribution in [-0.4, -0.2) is 65.9 Å². The minimum absolute atomic E-state index is 0.0247. The zero-order valence-electron chi connectivity index (χ0n) is 23.6. The number of nitrogens with zero attached hydrogens (tertiary/aromatic N) is 4. The van der Waals surface area contributed by atoms with E-state index in [9.17, 15) is 9.59 Å². The maximum absolute atomic E-state index is 13.2. The first kappa shape index (κ1) is 28.7. The number of halogens is 1. The van der Waals surface area contributed by atoms with Crippen LogP contribution >= 0.6 is 15.9 Å². The van der Waals surface area contributed by atoms with Crippen LogP contribution in [0.2, 0.25) is 0 Å². The van der Waals surface area contributed by atoms with Gasteiger partial charge in [0.25, 0.3) is 5.91 Å². The molecule has 0 radical (unpaired) electrons. The van der Waals surface area contributed by atoms with Gasteiger partial charge in [-0.1, -0.05) is 22.4 Å². The Labute approximate surface area is 245 Å². The van der Waals surface area contributed by atoms with E-state index in [-0.39, 0.29) is 29.8 Å². The second kappa shape index (κ2) is 13.3. The Bertz CT molecular complexity index is 1220. The number of ether oxygens (including phenoxy) is 1. The Morgan fingerprint density at radius 3 is 2.52 bits per heavy atom. The molecule has 2 aliphatic heterocycles. The normalized spacial score (nSPS) is 22.4. The molecule has 8 nitrogen and oxygen atoms in total. The smallest absolute Gasteiger partial charge is 0.278 e. The number of amides is 2. The van der Waals surface area contributed by atoms with Crippen LogP contribution in [0.25, 0.3) is 0 Å². The molecular formula is C31H40BrN5O3. The summed E-state index contributed by atoms with van der Waals surface area (Å²) in [7, 11) is 0. The molecule has 1 aromatic heterocycles. The highest BCUT2D eigenvalue weighted by Crippen LogP contribution is 2.38. The fraction of sp³-hybridized carbons (Fsp3) is 0.548. The average Bonchev–Trinajstić information content (AvgIpc) is 3.30. The molecule has 1 saturated heterocycles. The van der Waals surface area contributed by atoms with Crippen LogP contribution in [-0.2, 0) is 11.2 Å². The van der Waals surface area contributed by atoms with E-state index < -0.39 is 0 Å². The van der Waals surface area contributed by atoms with Crippen molar-refractivity contribution in [3.05, 3.63) is 52.1 Å². The minimum atomic E-state index is -0.253. The molecule has 2 amide bonds. The van der Waals surface area contributed by atoms with E-state index in [1.807, 2.05) is 38.2 Å². The summed E-state index contributed by atoms with van der Waals surface area (Å²) in [6.45, 7) is 7.77. The second-order valence-electron chi connectivity index (χ2n) is 11.5. The molecule has 1 aromatic carbocycles. The van der Waals surface area contributed by atoms with Crippen molar-refractivity contribution in [3.8, 4) is 5.88 Å². The van der Waals surface area contributed by atoms with Gasteiger partial charge in [-0.3, -0.25) is 14.5 Å². The van der Waals surface area contributed by atoms with E-state index in [2.05, 4.69) is 41.0 Å². The first-order valence-corrected chi connectivity index (χ1v) is 15.5. The lowest BCUT2D eigenvalue weighted by Crippen LogP contribution is -2.44. The summed E-state index contributed by atoms with van der Waals surface area (Å²) in [5.74, 6) is 1.26. The summed E-state index contributed by atoms with van der Waals surface area (Å²) in [6, 6.07) is 9.60. The topological polar surface area (TPSA) is 87.1 Å². The molecule has 0 spiro atoms. The molecule has 40 heavy (non-hydrogen) atoms. The number of rotatable bonds is 8. The summed E-state index contributed by atoms with van der Waals surface area (Å²) in [5, 5.41) is 3.07. The van der Waals surface area contributed by atoms with Gasteiger partial charge in [-0.15, -0.1) is 0 Å². The quantitative estimate of drug-likeness (QED) is 0.431. The summed E-state index contributed by atoms with van der Waals surface area (Å²) in [5.41, 5.74) is 2.62. The van der Waals surface area contributed by atoms with Crippen molar-refractivity contribution in [2.24, 2.45) is 10.9 Å². The van der Waals surface area contributed by atoms with Gasteiger partial charge in [0.15, 0.2) is 0 Å². The highest BCUT2D eigenvalue weighted by atomic mass is 79.9. The van der Waals surface area contributed by atoms with E-state index >= 15 is 0 Å². The molecule has 2 fully saturated rings. The number of anilines is 1. The summed E-state index contributed by atoms with van der Waals surface area (Å²) >= 11 is 3.43. The monoisotopic (exact) mass is 609 g/mol. The third-order valence-corrected chi connectivity index (χ3v) is 8.64. The molecule has 1 N–H and O–H groups in total. The van der Waals surface area contributed by atoms with Gasteiger partial charge in [-0.2, -0.15) is 4.99 Å². The number of amidine groups is 1. The highest BCUT2D eigenvalue weighted by Gasteiger charge is 2.36. The van der Waals surface area contributed by atoms with Crippen LogP contribution in [0.15, 0.2) is 46.0 Å². The number of hydrogen-bond acceptors (Lipinski definition) is 5. The average molecular weight is 611 g/mol. The molecule has 0 bridgehead atoms. The lowest BCUT2D eigenvalue weighted by molar-refractivity contribution is -0.126. The van der Waals surface area contributed by atoms with Gasteiger partial charge in [-0.25, -0.2) is 4.98 Å². The van der Waals surface area contributed by atoms with Crippen LogP contribution in [0.5, 0.6) is 5.88 Å². The number of benzene rings is 1. The largest absolute Gasteiger partial charge is 0.476 e. The van der Waals surface area contributed by atoms with Crippen molar-refractivity contribution in [3.63, 3.8) is 0 Å². The van der Waals surface area contributed by atoms with Crippen LogP contribution in [0.4, 0.5) is 5.69 Å². The van der Waals surface area contributed by atoms with E-state index in [1.165, 1.54) is 19.3 Å². The molecule has 1 saturated carbocycles. The molecule has 2 aromatic rings. The Balaban J connectivity index is 1.34. The SMILES string of the molecule is CC(C)NC(=O)C1CCC(N2C(=NC(=O)c3ccc(Br)cc3)Cc3cnc(OCCN4CCCCC4)cc32)CC1. The first-order valence-electron chi connectivity index (χ1n) is 14.7. The molecule has 9 heteroatoms. The number of aliphatic imine (C=N–C) groups is 1. The van der Waals surface area contributed by atoms with Crippen molar-refractivity contribution in [2.45, 2.75) is 77.3 Å². The van der Waals surface area contributed by atoms with Crippen molar-refractivity contribution in [1.82, 2.24) is 15.2 Å². The molecule has 214 valence electrons. The first-order chi connectivity index (χ1) is 19.4. The predicted molar refractivity (Wildman–Crippen MR) is 161 cm³/mol. The molecular weight excluding hydrogens is 570 g/mol. The van der Waals surface area contributed by atoms with E-state index in [0.717, 1.165) is 66.9 Å². The predicted octanol–water partition coefficient (Wildman–Crippen LogP) is 5.39. The van der Waals surface area contributed by atoms with Crippen LogP contribution in [0, 0.1) is 5.92 Å². The highest BCUT2D eigenvalue weighted by molar-refractivity contribution is 9.10. The number of carbonyl (C=O) groups is 2. The molecule has 5 rings (SSSR count). The standard InChI is InChI=1S/C31H40BrN5O3/c1-21(2)34-30(38)23-8-12-26(13-9-23)37-27-19-29(40-17-16-36-14-4-3-5-15-36)33-20-24(27)18-28(37)35-31(39)22-6-10-25(32)11-7-22/h6-7,10-11,19-21,23,26H,3-5,8-9,12-18H2,1-2H3,(H,34,38). The van der Waals surface area contributed by atoms with Gasteiger partial charge in [-0.05, 0) is 89.7 Å². The fourth-order valence-electron chi connectivity index (χ4n) is 6.02. The van der Waals surface area contributed by atoms with Crippen molar-refractivity contribution >= 4 is 39.3 Å².